The van der Waals surface area contributed by atoms with Gasteiger partial charge in [-0.05, 0) is 36.6 Å². The van der Waals surface area contributed by atoms with Gasteiger partial charge < -0.3 is 15.1 Å². The van der Waals surface area contributed by atoms with Crippen LogP contribution in [0.15, 0.2) is 36.9 Å². The summed E-state index contributed by atoms with van der Waals surface area (Å²) in [5.41, 5.74) is 0.309. The van der Waals surface area contributed by atoms with Crippen molar-refractivity contribution in [1.29, 1.82) is 0 Å². The number of halogens is 4. The number of hydrogen-bond acceptors (Lipinski definition) is 6. The second kappa shape index (κ2) is 7.64. The number of fused-ring (bicyclic) bond motifs is 1. The predicted octanol–water partition coefficient (Wildman–Crippen LogP) is 3.59. The number of hydrogen-bond donors (Lipinski definition) is 2. The van der Waals surface area contributed by atoms with E-state index in [0.29, 0.717) is 16.9 Å². The minimum Gasteiger partial charge on any atom is -0.363 e. The van der Waals surface area contributed by atoms with Gasteiger partial charge in [0.25, 0.3) is 0 Å². The van der Waals surface area contributed by atoms with Crippen LogP contribution in [0.4, 0.5) is 23.4 Å². The van der Waals surface area contributed by atoms with E-state index in [9.17, 15) is 17.6 Å². The topological polar surface area (TPSA) is 73.0 Å². The van der Waals surface area contributed by atoms with Crippen LogP contribution in [0.3, 0.4) is 0 Å². The second-order valence-corrected chi connectivity index (χ2v) is 8.14. The molecule has 5 rings (SSSR count). The molecule has 1 aromatic carbocycles. The van der Waals surface area contributed by atoms with Crippen molar-refractivity contribution >= 4 is 22.5 Å². The van der Waals surface area contributed by atoms with Gasteiger partial charge in [0.15, 0.2) is 5.65 Å². The number of nitrogens with one attached hydrogen (secondary N) is 2. The van der Waals surface area contributed by atoms with Crippen molar-refractivity contribution < 1.29 is 17.6 Å². The summed E-state index contributed by atoms with van der Waals surface area (Å²) >= 11 is 0. The van der Waals surface area contributed by atoms with Crippen LogP contribution in [-0.4, -0.2) is 51.4 Å². The molecular weight excluding hydrogens is 426 g/mol. The first-order valence-corrected chi connectivity index (χ1v) is 10.3. The maximum Gasteiger partial charge on any atom is 0.419 e. The molecule has 3 aromatic rings. The van der Waals surface area contributed by atoms with Crippen molar-refractivity contribution in [2.24, 2.45) is 5.92 Å². The maximum absolute atomic E-state index is 13.7. The Balaban J connectivity index is 1.28. The smallest absolute Gasteiger partial charge is 0.363 e. The highest BCUT2D eigenvalue weighted by Gasteiger charge is 2.36. The van der Waals surface area contributed by atoms with Gasteiger partial charge in [0.2, 0.25) is 0 Å². The molecule has 0 bridgehead atoms. The Morgan fingerprint density at radius 3 is 2.66 bits per heavy atom. The lowest BCUT2D eigenvalue weighted by Crippen LogP contribution is -2.46. The van der Waals surface area contributed by atoms with Crippen molar-refractivity contribution in [3.8, 4) is 0 Å². The Morgan fingerprint density at radius 2 is 1.91 bits per heavy atom. The minimum absolute atomic E-state index is 0.0501. The molecular formula is C21H21F4N7. The van der Waals surface area contributed by atoms with Gasteiger partial charge in [-0.1, -0.05) is 0 Å². The van der Waals surface area contributed by atoms with E-state index in [1.165, 1.54) is 12.4 Å². The largest absolute Gasteiger partial charge is 0.419 e. The van der Waals surface area contributed by atoms with Gasteiger partial charge in [-0.3, -0.25) is 5.10 Å². The molecule has 1 atom stereocenters. The summed E-state index contributed by atoms with van der Waals surface area (Å²) < 4.78 is 53.0. The maximum atomic E-state index is 13.7. The fourth-order valence-corrected chi connectivity index (χ4v) is 4.53. The molecule has 2 N–H and O–H groups in total. The molecule has 2 aliphatic rings. The first-order chi connectivity index (χ1) is 15.3. The van der Waals surface area contributed by atoms with Crippen molar-refractivity contribution in [3.05, 3.63) is 53.9 Å². The Labute approximate surface area is 181 Å². The molecule has 32 heavy (non-hydrogen) atoms. The third-order valence-electron chi connectivity index (χ3n) is 6.17. The summed E-state index contributed by atoms with van der Waals surface area (Å²) in [5.74, 6) is -0.137. The highest BCUT2D eigenvalue weighted by Crippen LogP contribution is 2.35. The molecule has 2 aromatic heterocycles. The van der Waals surface area contributed by atoms with Gasteiger partial charge in [0, 0.05) is 32.3 Å². The molecule has 0 amide bonds. The quantitative estimate of drug-likeness (QED) is 0.598. The molecule has 11 heteroatoms. The number of H-pyrrole nitrogens is 1. The van der Waals surface area contributed by atoms with E-state index in [1.807, 2.05) is 11.9 Å². The minimum atomic E-state index is -4.74. The summed E-state index contributed by atoms with van der Waals surface area (Å²) in [6.45, 7) is 1.58. The first kappa shape index (κ1) is 20.5. The molecule has 2 aliphatic heterocycles. The summed E-state index contributed by atoms with van der Waals surface area (Å²) in [4.78, 5) is 12.8. The van der Waals surface area contributed by atoms with Crippen LogP contribution in [0.5, 0.6) is 0 Å². The van der Waals surface area contributed by atoms with Crippen LogP contribution in [-0.2, 0) is 6.18 Å². The van der Waals surface area contributed by atoms with Gasteiger partial charge in [0.05, 0.1) is 22.8 Å². The fraction of sp³-hybridized carbons (Fsp3) is 0.381. The molecule has 0 saturated carbocycles. The Kier molecular flexibility index (Phi) is 4.90. The SMILES string of the molecule is CN1C=C(c2ccc(F)c(C(F)(F)F)c2)NC1C1CCN(c2ncnc3[nH]ncc23)CC1. The zero-order valence-electron chi connectivity index (χ0n) is 17.2. The van der Waals surface area contributed by atoms with Crippen LogP contribution >= 0.6 is 0 Å². The van der Waals surface area contributed by atoms with E-state index in [0.717, 1.165) is 49.3 Å². The molecule has 7 nitrogen and oxygen atoms in total. The van der Waals surface area contributed by atoms with Crippen LogP contribution in [0.25, 0.3) is 16.7 Å². The van der Waals surface area contributed by atoms with E-state index in [-0.39, 0.29) is 12.1 Å². The number of aromatic amines is 1. The van der Waals surface area contributed by atoms with Crippen molar-refractivity contribution in [3.63, 3.8) is 0 Å². The van der Waals surface area contributed by atoms with Gasteiger partial charge in [-0.15, -0.1) is 0 Å². The van der Waals surface area contributed by atoms with Gasteiger partial charge in [-0.2, -0.15) is 18.3 Å². The molecule has 0 spiro atoms. The zero-order valence-corrected chi connectivity index (χ0v) is 17.2. The number of rotatable bonds is 3. The molecule has 1 saturated heterocycles. The highest BCUT2D eigenvalue weighted by atomic mass is 19.4. The third kappa shape index (κ3) is 3.61. The van der Waals surface area contributed by atoms with E-state index >= 15 is 0 Å². The lowest BCUT2D eigenvalue weighted by Gasteiger charge is -2.38. The van der Waals surface area contributed by atoms with Gasteiger partial charge in [0.1, 0.15) is 24.1 Å². The van der Waals surface area contributed by atoms with Crippen LogP contribution < -0.4 is 10.2 Å². The summed E-state index contributed by atoms with van der Waals surface area (Å²) in [6, 6.07) is 3.09. The van der Waals surface area contributed by atoms with E-state index in [1.54, 1.807) is 12.4 Å². The number of piperidine rings is 1. The van der Waals surface area contributed by atoms with E-state index < -0.39 is 17.6 Å². The average Bonchev–Trinajstić information content (AvgIpc) is 3.40. The fourth-order valence-electron chi connectivity index (χ4n) is 4.53. The number of aromatic nitrogens is 4. The van der Waals surface area contributed by atoms with Crippen LogP contribution in [0.1, 0.15) is 24.0 Å². The van der Waals surface area contributed by atoms with Crippen molar-refractivity contribution in [1.82, 2.24) is 30.4 Å². The number of anilines is 1. The Morgan fingerprint density at radius 1 is 1.12 bits per heavy atom. The Hall–Kier alpha value is -3.37. The summed E-state index contributed by atoms with van der Waals surface area (Å²) in [7, 11) is 1.89. The monoisotopic (exact) mass is 447 g/mol. The van der Waals surface area contributed by atoms with Crippen molar-refractivity contribution in [2.75, 3.05) is 25.0 Å². The van der Waals surface area contributed by atoms with Crippen LogP contribution in [0.2, 0.25) is 0 Å². The van der Waals surface area contributed by atoms with Gasteiger partial charge in [-0.25, -0.2) is 14.4 Å². The normalized spacial score (nSPS) is 20.0. The lowest BCUT2D eigenvalue weighted by atomic mass is 9.93. The average molecular weight is 447 g/mol. The van der Waals surface area contributed by atoms with Gasteiger partial charge >= 0.3 is 6.18 Å². The number of benzene rings is 1. The molecule has 168 valence electrons. The first-order valence-electron chi connectivity index (χ1n) is 10.3. The summed E-state index contributed by atoms with van der Waals surface area (Å²) in [6.07, 6.45) is 1.99. The van der Waals surface area contributed by atoms with E-state index in [4.69, 9.17) is 0 Å². The number of alkyl halides is 3. The molecule has 0 radical (unpaired) electrons. The second-order valence-electron chi connectivity index (χ2n) is 8.14. The standard InChI is InChI=1S/C21H21F4N7/c1-31-10-17(13-2-3-16(22)15(8-13)21(23,24)25)29-19(31)12-4-6-32(7-5-12)20-14-9-28-30-18(14)26-11-27-20/h2-3,8-12,19,29H,4-7H2,1H3,(H,26,27,28,30). The molecule has 1 unspecified atom stereocenters. The molecule has 0 aliphatic carbocycles. The predicted molar refractivity (Wildman–Crippen MR) is 111 cm³/mol. The third-order valence-corrected chi connectivity index (χ3v) is 6.17. The number of nitrogens with zero attached hydrogens (tertiary/aromatic N) is 5. The Bertz CT molecular complexity index is 1160. The lowest BCUT2D eigenvalue weighted by molar-refractivity contribution is -0.140. The van der Waals surface area contributed by atoms with Crippen LogP contribution in [0, 0.1) is 11.7 Å². The summed E-state index contributed by atoms with van der Waals surface area (Å²) in [5, 5.41) is 11.1. The zero-order chi connectivity index (χ0) is 22.5. The van der Waals surface area contributed by atoms with E-state index in [2.05, 4.69) is 30.4 Å². The highest BCUT2D eigenvalue weighted by molar-refractivity contribution is 5.86. The van der Waals surface area contributed by atoms with Crippen molar-refractivity contribution in [2.45, 2.75) is 25.2 Å². The molecule has 1 fully saturated rings. The molecule has 4 heterocycles.